The first kappa shape index (κ1) is 24.2. The Morgan fingerprint density at radius 3 is 2.43 bits per heavy atom. The predicted octanol–water partition coefficient (Wildman–Crippen LogP) is 6.68. The highest BCUT2D eigenvalue weighted by Crippen LogP contribution is 2.43. The number of phenols is 1. The normalized spacial score (nSPS) is 14.9. The zero-order valence-electron chi connectivity index (χ0n) is 19.4. The van der Waals surface area contributed by atoms with Crippen LogP contribution in [-0.4, -0.2) is 25.9 Å². The van der Waals surface area contributed by atoms with Gasteiger partial charge in [0.2, 0.25) is 5.88 Å². The third-order valence-electron chi connectivity index (χ3n) is 5.88. The molecule has 0 aliphatic carbocycles. The Morgan fingerprint density at radius 1 is 0.973 bits per heavy atom. The molecular weight excluding hydrogens is 502 g/mol. The molecule has 3 aromatic carbocycles. The van der Waals surface area contributed by atoms with E-state index < -0.39 is 28.7 Å². The number of carbonyl (C=O) groups excluding carboxylic acids is 2. The number of carbonyl (C=O) groups is 2. The monoisotopic (exact) mass is 520 g/mol. The number of amides is 2. The van der Waals surface area contributed by atoms with Crippen LogP contribution in [0.1, 0.15) is 16.7 Å². The number of thioether (sulfide) groups is 1. The van der Waals surface area contributed by atoms with Crippen molar-refractivity contribution in [2.24, 2.45) is 10.2 Å². The van der Waals surface area contributed by atoms with Crippen LogP contribution >= 0.6 is 11.8 Å². The minimum Gasteiger partial charge on any atom is -0.506 e. The summed E-state index contributed by atoms with van der Waals surface area (Å²) in [6, 6.07) is 11.3. The Labute approximate surface area is 213 Å². The van der Waals surface area contributed by atoms with E-state index in [0.29, 0.717) is 11.3 Å². The van der Waals surface area contributed by atoms with Crippen LogP contribution in [0.2, 0.25) is 0 Å². The van der Waals surface area contributed by atoms with Crippen LogP contribution in [0.5, 0.6) is 11.6 Å². The molecule has 37 heavy (non-hydrogen) atoms. The van der Waals surface area contributed by atoms with Crippen molar-refractivity contribution >= 4 is 51.3 Å². The molecule has 0 saturated carbocycles. The number of rotatable bonds is 4. The Hall–Kier alpha value is -4.51. The second-order valence-electron chi connectivity index (χ2n) is 8.36. The van der Waals surface area contributed by atoms with Gasteiger partial charge in [-0.25, -0.2) is 8.78 Å². The molecule has 1 aliphatic rings. The Balaban J connectivity index is 1.58. The van der Waals surface area contributed by atoms with Crippen molar-refractivity contribution in [1.82, 2.24) is 9.88 Å². The number of benzene rings is 3. The number of nitrogens with zero attached hydrogens (tertiary/aromatic N) is 3. The third kappa shape index (κ3) is 4.45. The molecule has 2 heterocycles. The Kier molecular flexibility index (Phi) is 6.00. The van der Waals surface area contributed by atoms with E-state index in [4.69, 9.17) is 0 Å². The molecule has 4 aromatic rings. The molecule has 0 unspecified atom stereocenters. The van der Waals surface area contributed by atoms with E-state index in [-0.39, 0.29) is 32.9 Å². The minimum absolute atomic E-state index is 0.00473. The summed E-state index contributed by atoms with van der Waals surface area (Å²) in [5.74, 6) is -3.04. The van der Waals surface area contributed by atoms with Crippen LogP contribution in [0, 0.1) is 25.5 Å². The van der Waals surface area contributed by atoms with Gasteiger partial charge in [-0.1, -0.05) is 12.1 Å². The molecule has 1 aliphatic heterocycles. The molecule has 0 spiro atoms. The van der Waals surface area contributed by atoms with Crippen molar-refractivity contribution < 1.29 is 28.6 Å². The maximum absolute atomic E-state index is 14.9. The lowest BCUT2D eigenvalue weighted by Gasteiger charge is -2.10. The number of nitrogens with one attached hydrogen (secondary N) is 1. The topological polar surface area (TPSA) is 116 Å². The van der Waals surface area contributed by atoms with Gasteiger partial charge in [0.25, 0.3) is 11.1 Å². The van der Waals surface area contributed by atoms with E-state index in [1.165, 1.54) is 28.8 Å². The summed E-state index contributed by atoms with van der Waals surface area (Å²) in [5, 5.41) is 31.1. The van der Waals surface area contributed by atoms with Crippen LogP contribution in [0.15, 0.2) is 63.7 Å². The maximum Gasteiger partial charge on any atom is 0.290 e. The average Bonchev–Trinajstić information content (AvgIpc) is 3.29. The van der Waals surface area contributed by atoms with Crippen LogP contribution in [0.3, 0.4) is 0 Å². The van der Waals surface area contributed by atoms with E-state index in [0.717, 1.165) is 35.0 Å². The molecule has 1 aromatic heterocycles. The quantitative estimate of drug-likeness (QED) is 0.205. The first-order valence-electron chi connectivity index (χ1n) is 10.9. The second-order valence-corrected chi connectivity index (χ2v) is 9.38. The van der Waals surface area contributed by atoms with E-state index in [2.05, 4.69) is 15.5 Å². The molecule has 2 amide bonds. The molecule has 1 saturated heterocycles. The number of aromatic nitrogens is 1. The molecular formula is C26H18F2N4O4S. The van der Waals surface area contributed by atoms with Gasteiger partial charge in [-0.05, 0) is 78.7 Å². The van der Waals surface area contributed by atoms with Crippen LogP contribution in [0.25, 0.3) is 22.7 Å². The second kappa shape index (κ2) is 9.17. The summed E-state index contributed by atoms with van der Waals surface area (Å²) >= 11 is 0.740. The summed E-state index contributed by atoms with van der Waals surface area (Å²) in [7, 11) is 0. The predicted molar refractivity (Wildman–Crippen MR) is 136 cm³/mol. The van der Waals surface area contributed by atoms with Crippen LogP contribution in [-0.2, 0) is 4.79 Å². The number of azo groups is 1. The van der Waals surface area contributed by atoms with E-state index in [9.17, 15) is 28.6 Å². The minimum atomic E-state index is -0.891. The number of phenolic OH excluding ortho intramolecular Hbond substituents is 1. The van der Waals surface area contributed by atoms with Crippen molar-refractivity contribution in [3.05, 3.63) is 81.8 Å². The highest BCUT2D eigenvalue weighted by atomic mass is 32.2. The molecule has 8 nitrogen and oxygen atoms in total. The zero-order valence-corrected chi connectivity index (χ0v) is 20.2. The van der Waals surface area contributed by atoms with Crippen molar-refractivity contribution in [3.63, 3.8) is 0 Å². The average molecular weight is 521 g/mol. The summed E-state index contributed by atoms with van der Waals surface area (Å²) in [6.07, 6.45) is 1.43. The lowest BCUT2D eigenvalue weighted by Crippen LogP contribution is -2.17. The summed E-state index contributed by atoms with van der Waals surface area (Å²) in [5.41, 5.74) is 2.53. The molecule has 186 valence electrons. The molecule has 1 fully saturated rings. The van der Waals surface area contributed by atoms with Gasteiger partial charge in [0.1, 0.15) is 17.3 Å². The Morgan fingerprint density at radius 2 is 1.76 bits per heavy atom. The fourth-order valence-electron chi connectivity index (χ4n) is 3.91. The summed E-state index contributed by atoms with van der Waals surface area (Å²) < 4.78 is 30.3. The van der Waals surface area contributed by atoms with Crippen molar-refractivity contribution in [3.8, 4) is 17.3 Å². The molecule has 11 heteroatoms. The summed E-state index contributed by atoms with van der Waals surface area (Å²) in [6.45, 7) is 3.79. The van der Waals surface area contributed by atoms with Gasteiger partial charge in [0, 0.05) is 17.1 Å². The standard InChI is InChI=1S/C26H18F2N4O4S/c1-12-3-5-16(7-13(12)2)32-23-17(10-15(27)11-18(23)28)22(25(32)35)31-30-19-6-4-14(8-20(19)33)9-21-24(34)29-26(36)37-21/h3-11,33,35H,1-2H3,(H,29,34,36)/b21-9+,31-30?. The highest BCUT2D eigenvalue weighted by molar-refractivity contribution is 8.18. The van der Waals surface area contributed by atoms with Gasteiger partial charge >= 0.3 is 0 Å². The summed E-state index contributed by atoms with van der Waals surface area (Å²) in [4.78, 5) is 23.2. The zero-order chi connectivity index (χ0) is 26.4. The smallest absolute Gasteiger partial charge is 0.290 e. The maximum atomic E-state index is 14.9. The SMILES string of the molecule is Cc1ccc(-n2c(O)c(N=Nc3ccc(/C=C4/SC(=O)NC4=O)cc3O)c3cc(F)cc(F)c32)cc1C. The number of halogens is 2. The molecule has 0 radical (unpaired) electrons. The largest absolute Gasteiger partial charge is 0.506 e. The number of hydrogen-bond donors (Lipinski definition) is 3. The first-order valence-corrected chi connectivity index (χ1v) is 11.7. The molecule has 5 rings (SSSR count). The van der Waals surface area contributed by atoms with Gasteiger partial charge in [0.05, 0.1) is 10.4 Å². The van der Waals surface area contributed by atoms with Gasteiger partial charge in [-0.3, -0.25) is 19.5 Å². The highest BCUT2D eigenvalue weighted by Gasteiger charge is 2.25. The Bertz CT molecular complexity index is 1690. The molecule has 3 N–H and O–H groups in total. The van der Waals surface area contributed by atoms with Crippen molar-refractivity contribution in [2.75, 3.05) is 0 Å². The van der Waals surface area contributed by atoms with Gasteiger partial charge < -0.3 is 10.2 Å². The van der Waals surface area contributed by atoms with Gasteiger partial charge in [0.15, 0.2) is 11.5 Å². The lowest BCUT2D eigenvalue weighted by molar-refractivity contribution is -0.115. The van der Waals surface area contributed by atoms with E-state index in [1.807, 2.05) is 19.9 Å². The lowest BCUT2D eigenvalue weighted by atomic mass is 10.1. The van der Waals surface area contributed by atoms with E-state index in [1.54, 1.807) is 12.1 Å². The number of aromatic hydroxyl groups is 2. The fourth-order valence-corrected chi connectivity index (χ4v) is 4.59. The molecule has 0 bridgehead atoms. The van der Waals surface area contributed by atoms with Crippen molar-refractivity contribution in [2.45, 2.75) is 13.8 Å². The van der Waals surface area contributed by atoms with E-state index >= 15 is 0 Å². The van der Waals surface area contributed by atoms with Gasteiger partial charge in [-0.2, -0.15) is 0 Å². The first-order chi connectivity index (χ1) is 17.6. The number of hydrogen-bond acceptors (Lipinski definition) is 7. The fraction of sp³-hybridized carbons (Fsp3) is 0.0769. The third-order valence-corrected chi connectivity index (χ3v) is 6.69. The number of imide groups is 1. The van der Waals surface area contributed by atoms with Crippen LogP contribution < -0.4 is 5.32 Å². The van der Waals surface area contributed by atoms with Crippen LogP contribution in [0.4, 0.5) is 25.0 Å². The number of aryl methyl sites for hydroxylation is 2. The van der Waals surface area contributed by atoms with Crippen molar-refractivity contribution in [1.29, 1.82) is 0 Å². The molecule has 0 atom stereocenters. The van der Waals surface area contributed by atoms with Gasteiger partial charge in [-0.15, -0.1) is 10.2 Å². The number of fused-ring (bicyclic) bond motifs is 1.